The van der Waals surface area contributed by atoms with Crippen molar-refractivity contribution in [2.45, 2.75) is 10.1 Å². The molecule has 0 bridgehead atoms. The molecule has 1 heterocycles. The van der Waals surface area contributed by atoms with E-state index in [-0.39, 0.29) is 0 Å². The zero-order valence-corrected chi connectivity index (χ0v) is 10.8. The van der Waals surface area contributed by atoms with E-state index in [0.717, 1.165) is 10.1 Å². The molecule has 1 nitrogen and oxygen atoms in total. The van der Waals surface area contributed by atoms with E-state index in [1.165, 1.54) is 16.3 Å². The summed E-state index contributed by atoms with van der Waals surface area (Å²) in [6.45, 7) is 0. The molecule has 2 aromatic carbocycles. The van der Waals surface area contributed by atoms with Gasteiger partial charge in [0.05, 0.1) is 0 Å². The van der Waals surface area contributed by atoms with Gasteiger partial charge in [0.1, 0.15) is 4.34 Å². The Kier molecular flexibility index (Phi) is 3.12. The number of hydrogen-bond acceptors (Lipinski definition) is 3. The van der Waals surface area contributed by atoms with Crippen molar-refractivity contribution < 1.29 is 0 Å². The van der Waals surface area contributed by atoms with Gasteiger partial charge in [0, 0.05) is 17.3 Å². The van der Waals surface area contributed by atoms with E-state index < -0.39 is 0 Å². The minimum Gasteiger partial charge on any atom is -0.238 e. The van der Waals surface area contributed by atoms with E-state index in [0.29, 0.717) is 0 Å². The number of thiazole rings is 1. The van der Waals surface area contributed by atoms with Crippen LogP contribution < -0.4 is 0 Å². The lowest BCUT2D eigenvalue weighted by Gasteiger charge is -2.04. The van der Waals surface area contributed by atoms with Crippen molar-refractivity contribution in [2.75, 3.05) is 0 Å². The molecule has 0 radical (unpaired) electrons. The van der Waals surface area contributed by atoms with Gasteiger partial charge in [-0.3, -0.25) is 0 Å². The summed E-state index contributed by atoms with van der Waals surface area (Å²) >= 11 is 3.50. The van der Waals surface area contributed by atoms with Crippen molar-refractivity contribution in [1.29, 1.82) is 0 Å². The van der Waals surface area contributed by atoms with Gasteiger partial charge in [-0.25, -0.2) is 4.98 Å². The van der Waals surface area contributed by atoms with Gasteiger partial charge in [-0.1, -0.05) is 54.2 Å². The molecular weight excluding hydrogens is 246 g/mol. The number of hydrogen-bond donors (Lipinski definition) is 0. The second kappa shape index (κ2) is 4.90. The van der Waals surface area contributed by atoms with Crippen LogP contribution in [0.3, 0.4) is 0 Å². The second-order valence-electron chi connectivity index (χ2n) is 3.72. The SMILES string of the molecule is c1ccc2c(CSc3nccs3)cccc2c1. The predicted octanol–water partition coefficient (Wildman–Crippen LogP) is 4.59. The van der Waals surface area contributed by atoms with E-state index in [9.17, 15) is 0 Å². The van der Waals surface area contributed by atoms with Crippen LogP contribution >= 0.6 is 23.1 Å². The molecule has 0 unspecified atom stereocenters. The Bertz CT molecular complexity index is 612. The molecule has 3 rings (SSSR count). The third-order valence-electron chi connectivity index (χ3n) is 2.64. The number of thioether (sulfide) groups is 1. The summed E-state index contributed by atoms with van der Waals surface area (Å²) in [5, 5.41) is 4.68. The molecule has 0 atom stereocenters. The van der Waals surface area contributed by atoms with Gasteiger partial charge in [0.2, 0.25) is 0 Å². The highest BCUT2D eigenvalue weighted by atomic mass is 32.2. The molecule has 0 amide bonds. The molecule has 0 N–H and O–H groups in total. The smallest absolute Gasteiger partial charge is 0.150 e. The van der Waals surface area contributed by atoms with Gasteiger partial charge < -0.3 is 0 Å². The Labute approximate surface area is 109 Å². The maximum atomic E-state index is 4.29. The maximum Gasteiger partial charge on any atom is 0.150 e. The minimum absolute atomic E-state index is 0.981. The molecule has 0 saturated heterocycles. The van der Waals surface area contributed by atoms with Crippen molar-refractivity contribution in [1.82, 2.24) is 4.98 Å². The molecular formula is C14H11NS2. The Morgan fingerprint density at radius 3 is 2.82 bits per heavy atom. The summed E-state index contributed by atoms with van der Waals surface area (Å²) in [7, 11) is 0. The third kappa shape index (κ3) is 2.35. The highest BCUT2D eigenvalue weighted by Crippen LogP contribution is 2.28. The highest BCUT2D eigenvalue weighted by molar-refractivity contribution is 8.00. The molecule has 0 spiro atoms. The van der Waals surface area contributed by atoms with Gasteiger partial charge >= 0.3 is 0 Å². The van der Waals surface area contributed by atoms with Crippen LogP contribution in [0, 0.1) is 0 Å². The molecule has 0 saturated carbocycles. The number of rotatable bonds is 3. The van der Waals surface area contributed by atoms with Crippen molar-refractivity contribution >= 4 is 33.9 Å². The van der Waals surface area contributed by atoms with Crippen LogP contribution in [0.15, 0.2) is 58.4 Å². The Morgan fingerprint density at radius 2 is 1.94 bits per heavy atom. The first-order valence-corrected chi connectivity index (χ1v) is 7.29. The van der Waals surface area contributed by atoms with Crippen molar-refractivity contribution in [3.8, 4) is 0 Å². The predicted molar refractivity (Wildman–Crippen MR) is 75.6 cm³/mol. The fourth-order valence-corrected chi connectivity index (χ4v) is 3.48. The highest BCUT2D eigenvalue weighted by Gasteiger charge is 2.02. The van der Waals surface area contributed by atoms with Crippen LogP contribution in [0.2, 0.25) is 0 Å². The standard InChI is InChI=1S/C14H11NS2/c1-2-7-13-11(4-1)5-3-6-12(13)10-17-14-15-8-9-16-14/h1-9H,10H2. The third-order valence-corrected chi connectivity index (χ3v) is 4.66. The summed E-state index contributed by atoms with van der Waals surface area (Å²) in [6, 6.07) is 15.0. The molecule has 17 heavy (non-hydrogen) atoms. The Balaban J connectivity index is 1.90. The van der Waals surface area contributed by atoms with E-state index in [2.05, 4.69) is 47.4 Å². The lowest BCUT2D eigenvalue weighted by atomic mass is 10.1. The molecule has 3 heteroatoms. The molecule has 0 aliphatic rings. The zero-order chi connectivity index (χ0) is 11.5. The lowest BCUT2D eigenvalue weighted by molar-refractivity contribution is 1.25. The van der Waals surface area contributed by atoms with E-state index in [1.54, 1.807) is 23.1 Å². The van der Waals surface area contributed by atoms with Crippen LogP contribution in [0.4, 0.5) is 0 Å². The van der Waals surface area contributed by atoms with Gasteiger partial charge in [-0.05, 0) is 16.3 Å². The molecule has 84 valence electrons. The Hall–Kier alpha value is -1.32. The van der Waals surface area contributed by atoms with Crippen molar-refractivity contribution in [3.05, 3.63) is 59.6 Å². The van der Waals surface area contributed by atoms with E-state index in [4.69, 9.17) is 0 Å². The zero-order valence-electron chi connectivity index (χ0n) is 9.17. The monoisotopic (exact) mass is 257 g/mol. The molecule has 0 aliphatic heterocycles. The van der Waals surface area contributed by atoms with Crippen LogP contribution in [-0.4, -0.2) is 4.98 Å². The number of benzene rings is 2. The fourth-order valence-electron chi connectivity index (χ4n) is 1.84. The summed E-state index contributed by atoms with van der Waals surface area (Å²) in [6.07, 6.45) is 1.86. The van der Waals surface area contributed by atoms with E-state index in [1.807, 2.05) is 11.6 Å². The molecule has 3 aromatic rings. The van der Waals surface area contributed by atoms with Crippen LogP contribution in [-0.2, 0) is 5.75 Å². The topological polar surface area (TPSA) is 12.9 Å². The molecule has 1 aromatic heterocycles. The largest absolute Gasteiger partial charge is 0.238 e. The number of fused-ring (bicyclic) bond motifs is 1. The number of nitrogens with zero attached hydrogens (tertiary/aromatic N) is 1. The average molecular weight is 257 g/mol. The second-order valence-corrected chi connectivity index (χ2v) is 5.84. The lowest BCUT2D eigenvalue weighted by Crippen LogP contribution is -1.83. The summed E-state index contributed by atoms with van der Waals surface area (Å²) in [4.78, 5) is 4.29. The molecule has 0 aliphatic carbocycles. The van der Waals surface area contributed by atoms with Gasteiger partial charge in [-0.15, -0.1) is 11.3 Å². The normalized spacial score (nSPS) is 10.8. The minimum atomic E-state index is 0.981. The van der Waals surface area contributed by atoms with Crippen molar-refractivity contribution in [3.63, 3.8) is 0 Å². The summed E-state index contributed by atoms with van der Waals surface area (Å²) in [5.74, 6) is 0.981. The first kappa shape index (κ1) is 10.8. The Morgan fingerprint density at radius 1 is 1.06 bits per heavy atom. The number of aromatic nitrogens is 1. The first-order chi connectivity index (χ1) is 8.43. The average Bonchev–Trinajstić information content (AvgIpc) is 2.89. The van der Waals surface area contributed by atoms with Gasteiger partial charge in [-0.2, -0.15) is 0 Å². The van der Waals surface area contributed by atoms with Gasteiger partial charge in [0.25, 0.3) is 0 Å². The maximum absolute atomic E-state index is 4.29. The quantitative estimate of drug-likeness (QED) is 0.637. The summed E-state index contributed by atoms with van der Waals surface area (Å²) < 4.78 is 1.14. The van der Waals surface area contributed by atoms with Crippen LogP contribution in [0.5, 0.6) is 0 Å². The van der Waals surface area contributed by atoms with E-state index >= 15 is 0 Å². The van der Waals surface area contributed by atoms with Gasteiger partial charge in [0.15, 0.2) is 0 Å². The first-order valence-electron chi connectivity index (χ1n) is 5.42. The fraction of sp³-hybridized carbons (Fsp3) is 0.0714. The van der Waals surface area contributed by atoms with Crippen LogP contribution in [0.1, 0.15) is 5.56 Å². The van der Waals surface area contributed by atoms with Crippen molar-refractivity contribution in [2.24, 2.45) is 0 Å². The summed E-state index contributed by atoms with van der Waals surface area (Å²) in [5.41, 5.74) is 1.38. The van der Waals surface area contributed by atoms with Crippen LogP contribution in [0.25, 0.3) is 10.8 Å². The molecule has 0 fully saturated rings.